The van der Waals surface area contributed by atoms with Gasteiger partial charge >= 0.3 is 5.97 Å². The minimum Gasteiger partial charge on any atom is -0.480 e. The summed E-state index contributed by atoms with van der Waals surface area (Å²) < 4.78 is 1.74. The Balaban J connectivity index is 2.89. The number of aromatic nitrogens is 2. The van der Waals surface area contributed by atoms with E-state index in [9.17, 15) is 4.79 Å². The van der Waals surface area contributed by atoms with Crippen molar-refractivity contribution in [3.8, 4) is 0 Å². The molecule has 1 heterocycles. The summed E-state index contributed by atoms with van der Waals surface area (Å²) in [4.78, 5) is 10.8. The molecule has 1 rings (SSSR count). The maximum absolute atomic E-state index is 10.8. The van der Waals surface area contributed by atoms with Crippen LogP contribution in [0.3, 0.4) is 0 Å². The second-order valence-electron chi connectivity index (χ2n) is 3.41. The number of nitrogens with one attached hydrogen (secondary N) is 1. The molecule has 1 atom stereocenters. The SMILES string of the molecule is CNC(C(=O)O)c1cnn(C(C)C)c1. The number of rotatable bonds is 4. The molecule has 14 heavy (non-hydrogen) atoms. The minimum atomic E-state index is -0.893. The second kappa shape index (κ2) is 4.23. The van der Waals surface area contributed by atoms with E-state index in [-0.39, 0.29) is 6.04 Å². The molecule has 0 bridgehead atoms. The van der Waals surface area contributed by atoms with E-state index in [1.165, 1.54) is 0 Å². The van der Waals surface area contributed by atoms with E-state index in [4.69, 9.17) is 5.11 Å². The number of hydrogen-bond donors (Lipinski definition) is 2. The molecule has 1 aromatic rings. The van der Waals surface area contributed by atoms with Crippen LogP contribution in [0.25, 0.3) is 0 Å². The molecule has 1 unspecified atom stereocenters. The first kappa shape index (κ1) is 10.7. The highest BCUT2D eigenvalue weighted by molar-refractivity contribution is 5.75. The first-order valence-electron chi connectivity index (χ1n) is 4.50. The van der Waals surface area contributed by atoms with Gasteiger partial charge in [0.05, 0.1) is 6.20 Å². The maximum atomic E-state index is 10.8. The Hall–Kier alpha value is -1.36. The molecule has 1 aromatic heterocycles. The summed E-state index contributed by atoms with van der Waals surface area (Å²) in [5.74, 6) is -0.893. The highest BCUT2D eigenvalue weighted by atomic mass is 16.4. The van der Waals surface area contributed by atoms with Crippen molar-refractivity contribution in [3.63, 3.8) is 0 Å². The van der Waals surface area contributed by atoms with E-state index in [0.29, 0.717) is 5.56 Å². The fourth-order valence-corrected chi connectivity index (χ4v) is 1.22. The van der Waals surface area contributed by atoms with Crippen LogP contribution in [0.2, 0.25) is 0 Å². The largest absolute Gasteiger partial charge is 0.480 e. The number of nitrogens with zero attached hydrogens (tertiary/aromatic N) is 2. The summed E-state index contributed by atoms with van der Waals surface area (Å²) in [6.45, 7) is 3.98. The molecule has 0 aromatic carbocycles. The van der Waals surface area contributed by atoms with Gasteiger partial charge in [0.1, 0.15) is 6.04 Å². The van der Waals surface area contributed by atoms with Crippen molar-refractivity contribution in [1.29, 1.82) is 0 Å². The molecule has 5 nitrogen and oxygen atoms in total. The summed E-state index contributed by atoms with van der Waals surface area (Å²) in [5, 5.41) is 15.7. The zero-order valence-electron chi connectivity index (χ0n) is 8.56. The Morgan fingerprint density at radius 3 is 2.64 bits per heavy atom. The molecule has 0 radical (unpaired) electrons. The van der Waals surface area contributed by atoms with Crippen LogP contribution in [0.4, 0.5) is 0 Å². The van der Waals surface area contributed by atoms with Crippen molar-refractivity contribution in [2.45, 2.75) is 25.9 Å². The summed E-state index contributed by atoms with van der Waals surface area (Å²) >= 11 is 0. The number of carbonyl (C=O) groups is 1. The van der Waals surface area contributed by atoms with Gasteiger partial charge < -0.3 is 10.4 Å². The van der Waals surface area contributed by atoms with Crippen LogP contribution in [0.1, 0.15) is 31.5 Å². The Bertz CT molecular complexity index is 320. The normalized spacial score (nSPS) is 13.1. The van der Waals surface area contributed by atoms with Crippen molar-refractivity contribution < 1.29 is 9.90 Å². The van der Waals surface area contributed by atoms with Crippen molar-refractivity contribution in [3.05, 3.63) is 18.0 Å². The predicted octanol–water partition coefficient (Wildman–Crippen LogP) is 0.809. The number of likely N-dealkylation sites (N-methyl/N-ethyl adjacent to an activating group) is 1. The van der Waals surface area contributed by atoms with E-state index in [2.05, 4.69) is 10.4 Å². The third-order valence-corrected chi connectivity index (χ3v) is 2.02. The van der Waals surface area contributed by atoms with Gasteiger partial charge in [-0.3, -0.25) is 9.48 Å². The van der Waals surface area contributed by atoms with Gasteiger partial charge in [0.15, 0.2) is 0 Å². The van der Waals surface area contributed by atoms with Crippen molar-refractivity contribution in [2.75, 3.05) is 7.05 Å². The standard InChI is InChI=1S/C9H15N3O2/c1-6(2)12-5-7(4-11-12)8(10-3)9(13)14/h4-6,8,10H,1-3H3,(H,13,14). The number of carboxylic acid groups (broad SMARTS) is 1. The fraction of sp³-hybridized carbons (Fsp3) is 0.556. The Kier molecular flexibility index (Phi) is 3.24. The van der Waals surface area contributed by atoms with Crippen LogP contribution in [0.15, 0.2) is 12.4 Å². The smallest absolute Gasteiger partial charge is 0.325 e. The van der Waals surface area contributed by atoms with Crippen molar-refractivity contribution in [2.24, 2.45) is 0 Å². The monoisotopic (exact) mass is 197 g/mol. The lowest BCUT2D eigenvalue weighted by Gasteiger charge is -2.08. The Morgan fingerprint density at radius 1 is 1.64 bits per heavy atom. The topological polar surface area (TPSA) is 67.2 Å². The lowest BCUT2D eigenvalue weighted by atomic mass is 10.2. The molecule has 0 fully saturated rings. The number of carboxylic acids is 1. The van der Waals surface area contributed by atoms with Crippen molar-refractivity contribution in [1.82, 2.24) is 15.1 Å². The Labute approximate surface area is 82.7 Å². The summed E-state index contributed by atoms with van der Waals surface area (Å²) in [6.07, 6.45) is 3.33. The van der Waals surface area contributed by atoms with Crippen LogP contribution in [-0.4, -0.2) is 27.9 Å². The van der Waals surface area contributed by atoms with Gasteiger partial charge in [-0.05, 0) is 20.9 Å². The zero-order valence-corrected chi connectivity index (χ0v) is 8.56. The maximum Gasteiger partial charge on any atom is 0.325 e. The molecule has 0 saturated heterocycles. The summed E-state index contributed by atoms with van der Waals surface area (Å²) in [7, 11) is 1.62. The quantitative estimate of drug-likeness (QED) is 0.749. The number of aliphatic carboxylic acids is 1. The Morgan fingerprint density at radius 2 is 2.29 bits per heavy atom. The number of hydrogen-bond acceptors (Lipinski definition) is 3. The molecule has 2 N–H and O–H groups in total. The molecule has 0 amide bonds. The van der Waals surface area contributed by atoms with E-state index >= 15 is 0 Å². The van der Waals surface area contributed by atoms with E-state index in [1.54, 1.807) is 24.1 Å². The average molecular weight is 197 g/mol. The molecule has 78 valence electrons. The van der Waals surface area contributed by atoms with Crippen molar-refractivity contribution >= 4 is 5.97 Å². The van der Waals surface area contributed by atoms with Gasteiger partial charge in [-0.15, -0.1) is 0 Å². The van der Waals surface area contributed by atoms with Crippen LogP contribution < -0.4 is 5.32 Å². The first-order chi connectivity index (χ1) is 6.56. The van der Waals surface area contributed by atoms with Gasteiger partial charge in [-0.2, -0.15) is 5.10 Å². The predicted molar refractivity (Wildman–Crippen MR) is 52.0 cm³/mol. The van der Waals surface area contributed by atoms with E-state index < -0.39 is 12.0 Å². The fourth-order valence-electron chi connectivity index (χ4n) is 1.22. The van der Waals surface area contributed by atoms with Gasteiger partial charge in [0.25, 0.3) is 0 Å². The lowest BCUT2D eigenvalue weighted by molar-refractivity contribution is -0.139. The van der Waals surface area contributed by atoms with Gasteiger partial charge in [-0.25, -0.2) is 0 Å². The van der Waals surface area contributed by atoms with E-state index in [0.717, 1.165) is 0 Å². The molecular weight excluding hydrogens is 182 g/mol. The molecule has 0 spiro atoms. The lowest BCUT2D eigenvalue weighted by Crippen LogP contribution is -2.24. The highest BCUT2D eigenvalue weighted by Gasteiger charge is 2.19. The van der Waals surface area contributed by atoms with Crippen LogP contribution in [-0.2, 0) is 4.79 Å². The van der Waals surface area contributed by atoms with Gasteiger partial charge in [0, 0.05) is 17.8 Å². The third-order valence-electron chi connectivity index (χ3n) is 2.02. The molecule has 5 heteroatoms. The van der Waals surface area contributed by atoms with Gasteiger partial charge in [0.2, 0.25) is 0 Å². The molecule has 0 saturated carbocycles. The molecule has 0 aliphatic heterocycles. The highest BCUT2D eigenvalue weighted by Crippen LogP contribution is 2.13. The molecular formula is C9H15N3O2. The summed E-state index contributed by atoms with van der Waals surface area (Å²) in [6, 6.07) is -0.433. The second-order valence-corrected chi connectivity index (χ2v) is 3.41. The molecule has 0 aliphatic rings. The van der Waals surface area contributed by atoms with Gasteiger partial charge in [-0.1, -0.05) is 0 Å². The van der Waals surface area contributed by atoms with Crippen LogP contribution in [0, 0.1) is 0 Å². The third kappa shape index (κ3) is 2.11. The van der Waals surface area contributed by atoms with E-state index in [1.807, 2.05) is 13.8 Å². The average Bonchev–Trinajstić information content (AvgIpc) is 2.53. The van der Waals surface area contributed by atoms with Crippen LogP contribution in [0.5, 0.6) is 0 Å². The zero-order chi connectivity index (χ0) is 10.7. The molecule has 0 aliphatic carbocycles. The summed E-state index contributed by atoms with van der Waals surface area (Å²) in [5.41, 5.74) is 0.675. The van der Waals surface area contributed by atoms with Crippen LogP contribution >= 0.6 is 0 Å². The first-order valence-corrected chi connectivity index (χ1v) is 4.50. The minimum absolute atomic E-state index is 0.245.